The summed E-state index contributed by atoms with van der Waals surface area (Å²) < 4.78 is 5.38. The molecule has 1 N–H and O–H groups in total. The summed E-state index contributed by atoms with van der Waals surface area (Å²) in [5.74, 6) is -0.272. The standard InChI is InChI=1S/C14H27NO3/c1-12(2,3)11(17)14(7,8)15-10(16)9-18-13(4,5)6/h9H2,1-8H3,(H,15,16). The van der Waals surface area contributed by atoms with E-state index in [0.29, 0.717) is 0 Å². The van der Waals surface area contributed by atoms with E-state index in [1.165, 1.54) is 0 Å². The number of carbonyl (C=O) groups is 2. The molecular formula is C14H27NO3. The molecule has 4 nitrogen and oxygen atoms in total. The van der Waals surface area contributed by atoms with Crippen LogP contribution in [-0.2, 0) is 14.3 Å². The van der Waals surface area contributed by atoms with Crippen LogP contribution in [0, 0.1) is 5.41 Å². The Bertz CT molecular complexity index is 319. The third-order valence-corrected chi connectivity index (χ3v) is 2.34. The minimum atomic E-state index is -0.878. The largest absolute Gasteiger partial charge is 0.366 e. The second-order valence-corrected chi connectivity index (χ2v) is 7.15. The average Bonchev–Trinajstić information content (AvgIpc) is 2.10. The molecule has 0 unspecified atom stereocenters. The summed E-state index contributed by atoms with van der Waals surface area (Å²) in [5.41, 5.74) is -1.73. The van der Waals surface area contributed by atoms with Gasteiger partial charge >= 0.3 is 0 Å². The van der Waals surface area contributed by atoms with Crippen LogP contribution in [0.4, 0.5) is 0 Å². The van der Waals surface area contributed by atoms with Gasteiger partial charge in [0.05, 0.1) is 11.1 Å². The zero-order valence-electron chi connectivity index (χ0n) is 12.9. The molecular weight excluding hydrogens is 230 g/mol. The highest BCUT2D eigenvalue weighted by molar-refractivity contribution is 5.95. The molecule has 0 fully saturated rings. The quantitative estimate of drug-likeness (QED) is 0.841. The Hall–Kier alpha value is -0.900. The van der Waals surface area contributed by atoms with Gasteiger partial charge in [0.25, 0.3) is 0 Å². The van der Waals surface area contributed by atoms with Crippen molar-refractivity contribution in [3.63, 3.8) is 0 Å². The number of carbonyl (C=O) groups excluding carboxylic acids is 2. The van der Waals surface area contributed by atoms with E-state index in [9.17, 15) is 9.59 Å². The van der Waals surface area contributed by atoms with Gasteiger partial charge in [0.1, 0.15) is 6.61 Å². The Morgan fingerprint density at radius 2 is 1.39 bits per heavy atom. The van der Waals surface area contributed by atoms with Crippen molar-refractivity contribution < 1.29 is 14.3 Å². The van der Waals surface area contributed by atoms with Crippen molar-refractivity contribution in [2.75, 3.05) is 6.61 Å². The van der Waals surface area contributed by atoms with Crippen LogP contribution in [0.2, 0.25) is 0 Å². The maximum Gasteiger partial charge on any atom is 0.246 e. The number of hydrogen-bond donors (Lipinski definition) is 1. The van der Waals surface area contributed by atoms with E-state index in [2.05, 4.69) is 5.32 Å². The lowest BCUT2D eigenvalue weighted by Crippen LogP contribution is -2.54. The van der Waals surface area contributed by atoms with Gasteiger partial charge in [-0.15, -0.1) is 0 Å². The minimum absolute atomic E-state index is 0.000825. The molecule has 0 aromatic carbocycles. The highest BCUT2D eigenvalue weighted by Crippen LogP contribution is 2.22. The van der Waals surface area contributed by atoms with Crippen LogP contribution in [0.1, 0.15) is 55.4 Å². The molecule has 106 valence electrons. The Morgan fingerprint density at radius 1 is 0.944 bits per heavy atom. The van der Waals surface area contributed by atoms with Crippen LogP contribution < -0.4 is 5.32 Å². The number of rotatable bonds is 4. The van der Waals surface area contributed by atoms with E-state index >= 15 is 0 Å². The second kappa shape index (κ2) is 5.39. The summed E-state index contributed by atoms with van der Waals surface area (Å²) in [5, 5.41) is 2.72. The Morgan fingerprint density at radius 3 is 1.72 bits per heavy atom. The number of Topliss-reactive ketones (excluding diaryl/α,β-unsaturated/α-hetero) is 1. The molecule has 0 heterocycles. The third kappa shape index (κ3) is 6.15. The third-order valence-electron chi connectivity index (χ3n) is 2.34. The molecule has 0 aliphatic rings. The van der Waals surface area contributed by atoms with E-state index in [4.69, 9.17) is 4.74 Å². The van der Waals surface area contributed by atoms with Gasteiger partial charge in [-0.2, -0.15) is 0 Å². The van der Waals surface area contributed by atoms with Gasteiger partial charge in [-0.3, -0.25) is 9.59 Å². The van der Waals surface area contributed by atoms with E-state index in [0.717, 1.165) is 0 Å². The van der Waals surface area contributed by atoms with Crippen molar-refractivity contribution in [3.05, 3.63) is 0 Å². The fraction of sp³-hybridized carbons (Fsp3) is 0.857. The fourth-order valence-electron chi connectivity index (χ4n) is 1.66. The van der Waals surface area contributed by atoms with Gasteiger partial charge in [0.2, 0.25) is 5.91 Å². The van der Waals surface area contributed by atoms with Crippen LogP contribution in [0.3, 0.4) is 0 Å². The summed E-state index contributed by atoms with van der Waals surface area (Å²) >= 11 is 0. The Balaban J connectivity index is 4.51. The van der Waals surface area contributed by atoms with Crippen LogP contribution >= 0.6 is 0 Å². The first kappa shape index (κ1) is 17.1. The molecule has 18 heavy (non-hydrogen) atoms. The molecule has 0 atom stereocenters. The summed E-state index contributed by atoms with van der Waals surface area (Å²) in [6.07, 6.45) is 0. The highest BCUT2D eigenvalue weighted by atomic mass is 16.5. The van der Waals surface area contributed by atoms with Crippen molar-refractivity contribution in [3.8, 4) is 0 Å². The van der Waals surface area contributed by atoms with Gasteiger partial charge in [0, 0.05) is 5.41 Å². The number of amides is 1. The normalized spacial score (nSPS) is 13.3. The lowest BCUT2D eigenvalue weighted by Gasteiger charge is -2.32. The lowest BCUT2D eigenvalue weighted by atomic mass is 9.80. The van der Waals surface area contributed by atoms with Crippen LogP contribution in [0.15, 0.2) is 0 Å². The molecule has 4 heteroatoms. The topological polar surface area (TPSA) is 55.4 Å². The van der Waals surface area contributed by atoms with Gasteiger partial charge in [0.15, 0.2) is 5.78 Å². The molecule has 0 spiro atoms. The molecule has 0 aliphatic carbocycles. The van der Waals surface area contributed by atoms with Crippen LogP contribution in [-0.4, -0.2) is 29.4 Å². The zero-order chi connectivity index (χ0) is 14.8. The van der Waals surface area contributed by atoms with Crippen LogP contribution in [0.25, 0.3) is 0 Å². The summed E-state index contributed by atoms with van der Waals surface area (Å²) in [6, 6.07) is 0. The van der Waals surface area contributed by atoms with Crippen molar-refractivity contribution in [2.45, 2.75) is 66.5 Å². The first-order chi connectivity index (χ1) is 7.76. The predicted molar refractivity (Wildman–Crippen MR) is 72.4 cm³/mol. The number of ketones is 1. The van der Waals surface area contributed by atoms with Gasteiger partial charge in [-0.25, -0.2) is 0 Å². The van der Waals surface area contributed by atoms with E-state index < -0.39 is 11.0 Å². The first-order valence-electron chi connectivity index (χ1n) is 6.25. The smallest absolute Gasteiger partial charge is 0.246 e. The van der Waals surface area contributed by atoms with Gasteiger partial charge in [-0.1, -0.05) is 20.8 Å². The molecule has 1 amide bonds. The molecule has 0 saturated heterocycles. The first-order valence-corrected chi connectivity index (χ1v) is 6.25. The molecule has 0 aliphatic heterocycles. The molecule has 0 rings (SSSR count). The number of nitrogens with one attached hydrogen (secondary N) is 1. The van der Waals surface area contributed by atoms with E-state index in [1.807, 2.05) is 41.5 Å². The Kier molecular flexibility index (Phi) is 5.12. The lowest BCUT2D eigenvalue weighted by molar-refractivity contribution is -0.139. The second-order valence-electron chi connectivity index (χ2n) is 7.15. The van der Waals surface area contributed by atoms with Gasteiger partial charge < -0.3 is 10.1 Å². The molecule has 0 bridgehead atoms. The molecule has 0 radical (unpaired) electrons. The number of ether oxygens (including phenoxy) is 1. The molecule has 0 saturated carbocycles. The van der Waals surface area contributed by atoms with Crippen molar-refractivity contribution in [2.24, 2.45) is 5.41 Å². The zero-order valence-corrected chi connectivity index (χ0v) is 12.9. The highest BCUT2D eigenvalue weighted by Gasteiger charge is 2.37. The maximum atomic E-state index is 12.2. The molecule has 0 aromatic heterocycles. The monoisotopic (exact) mass is 257 g/mol. The van der Waals surface area contributed by atoms with Gasteiger partial charge in [-0.05, 0) is 34.6 Å². The predicted octanol–water partition coefficient (Wildman–Crippen LogP) is 2.31. The van der Waals surface area contributed by atoms with E-state index in [1.54, 1.807) is 13.8 Å². The summed E-state index contributed by atoms with van der Waals surface area (Å²) in [6.45, 7) is 14.6. The average molecular weight is 257 g/mol. The van der Waals surface area contributed by atoms with Crippen molar-refractivity contribution >= 4 is 11.7 Å². The van der Waals surface area contributed by atoms with Crippen molar-refractivity contribution in [1.29, 1.82) is 0 Å². The fourth-order valence-corrected chi connectivity index (χ4v) is 1.66. The van der Waals surface area contributed by atoms with E-state index in [-0.39, 0.29) is 23.9 Å². The summed E-state index contributed by atoms with van der Waals surface area (Å²) in [7, 11) is 0. The number of hydrogen-bond acceptors (Lipinski definition) is 3. The Labute approximate surface area is 110 Å². The van der Waals surface area contributed by atoms with Crippen LogP contribution in [0.5, 0.6) is 0 Å². The minimum Gasteiger partial charge on any atom is -0.366 e. The molecule has 0 aromatic rings. The van der Waals surface area contributed by atoms with Crippen molar-refractivity contribution in [1.82, 2.24) is 5.32 Å². The maximum absolute atomic E-state index is 12.2. The SMILES string of the molecule is CC(C)(C)OCC(=O)NC(C)(C)C(=O)C(C)(C)C. The summed E-state index contributed by atoms with van der Waals surface area (Å²) in [4.78, 5) is 23.9.